The second-order valence-electron chi connectivity index (χ2n) is 6.49. The highest BCUT2D eigenvalue weighted by Gasteiger charge is 2.15. The van der Waals surface area contributed by atoms with Crippen LogP contribution in [0.5, 0.6) is 11.5 Å². The van der Waals surface area contributed by atoms with Crippen molar-refractivity contribution in [1.29, 1.82) is 0 Å². The average Bonchev–Trinajstić information content (AvgIpc) is 2.66. The number of hydrogen-bond acceptors (Lipinski definition) is 5. The van der Waals surface area contributed by atoms with Crippen LogP contribution in [0.3, 0.4) is 0 Å². The van der Waals surface area contributed by atoms with Gasteiger partial charge in [-0.05, 0) is 47.7 Å². The maximum Gasteiger partial charge on any atom is 0.322 e. The first-order valence-corrected chi connectivity index (χ1v) is 8.66. The second kappa shape index (κ2) is 9.25. The average molecular weight is 357 g/mol. The lowest BCUT2D eigenvalue weighted by molar-refractivity contribution is -0.142. The molecule has 2 aromatic carbocycles. The number of esters is 1. The topological polar surface area (TPSA) is 70.8 Å². The van der Waals surface area contributed by atoms with Crippen molar-refractivity contribution in [2.45, 2.75) is 38.8 Å². The summed E-state index contributed by atoms with van der Waals surface area (Å²) >= 11 is 0. The Kier molecular flexibility index (Phi) is 7.04. The van der Waals surface area contributed by atoms with Gasteiger partial charge in [0.2, 0.25) is 0 Å². The third kappa shape index (κ3) is 5.23. The molecular weight excluding hydrogens is 330 g/mol. The molecule has 2 aromatic rings. The number of nitrogens with two attached hydrogens (primary N) is 1. The van der Waals surface area contributed by atoms with Crippen molar-refractivity contribution in [3.8, 4) is 11.5 Å². The summed E-state index contributed by atoms with van der Waals surface area (Å²) in [4.78, 5) is 11.5. The lowest BCUT2D eigenvalue weighted by atomic mass is 10.0. The molecule has 0 saturated heterocycles. The highest BCUT2D eigenvalue weighted by Crippen LogP contribution is 2.24. The van der Waals surface area contributed by atoms with Crippen LogP contribution in [0.15, 0.2) is 42.5 Å². The summed E-state index contributed by atoms with van der Waals surface area (Å²) in [7, 11) is 2.95. The second-order valence-corrected chi connectivity index (χ2v) is 6.49. The van der Waals surface area contributed by atoms with Crippen molar-refractivity contribution in [1.82, 2.24) is 0 Å². The maximum atomic E-state index is 11.5. The summed E-state index contributed by atoms with van der Waals surface area (Å²) in [6, 6.07) is 13.1. The Balaban J connectivity index is 2.09. The van der Waals surface area contributed by atoms with Crippen LogP contribution >= 0.6 is 0 Å². The summed E-state index contributed by atoms with van der Waals surface area (Å²) in [5.41, 5.74) is 8.95. The smallest absolute Gasteiger partial charge is 0.322 e. The van der Waals surface area contributed by atoms with Crippen LogP contribution in [0.25, 0.3) is 0 Å². The molecule has 0 radical (unpaired) electrons. The van der Waals surface area contributed by atoms with E-state index in [9.17, 15) is 4.79 Å². The van der Waals surface area contributed by atoms with Crippen LogP contribution < -0.4 is 15.2 Å². The Morgan fingerprint density at radius 3 is 2.35 bits per heavy atom. The van der Waals surface area contributed by atoms with E-state index in [1.54, 1.807) is 7.11 Å². The van der Waals surface area contributed by atoms with Gasteiger partial charge in [-0.15, -0.1) is 0 Å². The molecule has 0 bridgehead atoms. The summed E-state index contributed by atoms with van der Waals surface area (Å²) in [5, 5.41) is 0. The van der Waals surface area contributed by atoms with Crippen LogP contribution in [0.2, 0.25) is 0 Å². The summed E-state index contributed by atoms with van der Waals surface area (Å²) < 4.78 is 16.0. The highest BCUT2D eigenvalue weighted by atomic mass is 16.5. The molecule has 5 nitrogen and oxygen atoms in total. The predicted molar refractivity (Wildman–Crippen MR) is 102 cm³/mol. The molecule has 2 N–H and O–H groups in total. The van der Waals surface area contributed by atoms with Crippen molar-refractivity contribution in [2.24, 2.45) is 5.73 Å². The minimum absolute atomic E-state index is 0.367. The molecule has 26 heavy (non-hydrogen) atoms. The molecule has 0 aliphatic heterocycles. The predicted octanol–water partition coefficient (Wildman–Crippen LogP) is 3.44. The first-order chi connectivity index (χ1) is 12.4. The van der Waals surface area contributed by atoms with Gasteiger partial charge < -0.3 is 19.9 Å². The molecule has 0 saturated carbocycles. The molecule has 140 valence electrons. The van der Waals surface area contributed by atoms with Crippen LogP contribution in [0.4, 0.5) is 0 Å². The van der Waals surface area contributed by atoms with E-state index in [-0.39, 0.29) is 0 Å². The molecule has 5 heteroatoms. The van der Waals surface area contributed by atoms with Gasteiger partial charge in [0, 0.05) is 5.56 Å². The van der Waals surface area contributed by atoms with Crippen molar-refractivity contribution in [3.63, 3.8) is 0 Å². The highest BCUT2D eigenvalue weighted by molar-refractivity contribution is 5.75. The minimum Gasteiger partial charge on any atom is -0.496 e. The van der Waals surface area contributed by atoms with E-state index < -0.39 is 12.0 Å². The maximum absolute atomic E-state index is 11.5. The molecular formula is C21H27NO4. The molecule has 0 heterocycles. The molecule has 2 rings (SSSR count). The fraction of sp³-hybridized carbons (Fsp3) is 0.381. The number of ether oxygens (including phenoxy) is 3. The zero-order chi connectivity index (χ0) is 19.1. The van der Waals surface area contributed by atoms with E-state index in [1.165, 1.54) is 12.7 Å². The van der Waals surface area contributed by atoms with Crippen LogP contribution in [-0.4, -0.2) is 26.2 Å². The van der Waals surface area contributed by atoms with Crippen molar-refractivity contribution < 1.29 is 19.0 Å². The van der Waals surface area contributed by atoms with E-state index in [2.05, 4.69) is 30.7 Å². The van der Waals surface area contributed by atoms with Gasteiger partial charge in [0.15, 0.2) is 0 Å². The first kappa shape index (κ1) is 19.8. The number of hydrogen-bond donors (Lipinski definition) is 1. The largest absolute Gasteiger partial charge is 0.496 e. The van der Waals surface area contributed by atoms with Crippen molar-refractivity contribution in [2.75, 3.05) is 14.2 Å². The molecule has 0 amide bonds. The monoisotopic (exact) mass is 357 g/mol. The van der Waals surface area contributed by atoms with Gasteiger partial charge in [-0.3, -0.25) is 4.79 Å². The third-order valence-electron chi connectivity index (χ3n) is 4.25. The quantitative estimate of drug-likeness (QED) is 0.733. The molecule has 0 aliphatic rings. The third-order valence-corrected chi connectivity index (χ3v) is 4.25. The zero-order valence-corrected chi connectivity index (χ0v) is 15.8. The Morgan fingerprint density at radius 1 is 1.08 bits per heavy atom. The number of benzene rings is 2. The summed E-state index contributed by atoms with van der Waals surface area (Å²) in [6.45, 7) is 4.68. The minimum atomic E-state index is -0.689. The van der Waals surface area contributed by atoms with Gasteiger partial charge in [0.25, 0.3) is 0 Å². The zero-order valence-electron chi connectivity index (χ0n) is 15.8. The fourth-order valence-corrected chi connectivity index (χ4v) is 2.67. The Hall–Kier alpha value is -2.53. The van der Waals surface area contributed by atoms with E-state index in [1.807, 2.05) is 30.3 Å². The standard InChI is InChI=1S/C21H27NO4/c1-14(2)16-6-8-18(9-7-16)26-13-17-11-15(5-10-20(17)24-3)12-19(22)21(23)25-4/h5-11,14,19H,12-13,22H2,1-4H3. The SMILES string of the molecule is COC(=O)C(N)Cc1ccc(OC)c(COc2ccc(C(C)C)cc2)c1. The number of carbonyl (C=O) groups is 1. The molecule has 0 aliphatic carbocycles. The lowest BCUT2D eigenvalue weighted by Crippen LogP contribution is -2.33. The van der Waals surface area contributed by atoms with Crippen LogP contribution in [0.1, 0.15) is 36.5 Å². The van der Waals surface area contributed by atoms with Gasteiger partial charge in [0.05, 0.1) is 14.2 Å². The number of rotatable bonds is 8. The molecule has 0 spiro atoms. The summed E-state index contributed by atoms with van der Waals surface area (Å²) in [6.07, 6.45) is 0.396. The Labute approximate surface area is 155 Å². The molecule has 0 aromatic heterocycles. The van der Waals surface area contributed by atoms with Gasteiger partial charge in [-0.25, -0.2) is 0 Å². The number of carbonyl (C=O) groups excluding carboxylic acids is 1. The number of methoxy groups -OCH3 is 2. The summed E-state index contributed by atoms with van der Waals surface area (Å²) in [5.74, 6) is 1.59. The van der Waals surface area contributed by atoms with Crippen LogP contribution in [-0.2, 0) is 22.6 Å². The van der Waals surface area contributed by atoms with E-state index in [0.717, 1.165) is 22.6 Å². The lowest BCUT2D eigenvalue weighted by Gasteiger charge is -2.14. The van der Waals surface area contributed by atoms with Crippen molar-refractivity contribution >= 4 is 5.97 Å². The van der Waals surface area contributed by atoms with Crippen molar-refractivity contribution in [3.05, 3.63) is 59.2 Å². The first-order valence-electron chi connectivity index (χ1n) is 8.66. The van der Waals surface area contributed by atoms with Gasteiger partial charge in [-0.1, -0.05) is 32.0 Å². The van der Waals surface area contributed by atoms with Gasteiger partial charge >= 0.3 is 5.97 Å². The van der Waals surface area contributed by atoms with Gasteiger partial charge in [-0.2, -0.15) is 0 Å². The van der Waals surface area contributed by atoms with E-state index >= 15 is 0 Å². The van der Waals surface area contributed by atoms with E-state index in [0.29, 0.717) is 18.9 Å². The molecule has 1 unspecified atom stereocenters. The Morgan fingerprint density at radius 2 is 1.77 bits per heavy atom. The van der Waals surface area contributed by atoms with Crippen LogP contribution in [0, 0.1) is 0 Å². The molecule has 0 fully saturated rings. The normalized spacial score (nSPS) is 11.9. The molecule has 1 atom stereocenters. The van der Waals surface area contributed by atoms with E-state index in [4.69, 9.17) is 15.2 Å². The Bertz CT molecular complexity index is 725. The fourth-order valence-electron chi connectivity index (χ4n) is 2.67. The van der Waals surface area contributed by atoms with Gasteiger partial charge in [0.1, 0.15) is 24.1 Å².